The number of aromatic amines is 3. The molecule has 0 spiro atoms. The molecule has 0 aliphatic rings. The third-order valence-corrected chi connectivity index (χ3v) is 5.47. The minimum atomic E-state index is 0. The lowest BCUT2D eigenvalue weighted by atomic mass is 10.1. The van der Waals surface area contributed by atoms with Crippen molar-refractivity contribution in [3.8, 4) is 22.5 Å². The number of hydrogen-bond acceptors (Lipinski definition) is 5. The van der Waals surface area contributed by atoms with Crippen molar-refractivity contribution in [2.24, 2.45) is 0 Å². The van der Waals surface area contributed by atoms with E-state index in [0.29, 0.717) is 13.1 Å². The lowest BCUT2D eigenvalue weighted by Gasteiger charge is -2.00. The van der Waals surface area contributed by atoms with Crippen LogP contribution in [0, 0.1) is 13.8 Å². The molecule has 11 heteroatoms. The molecule has 5 aromatic rings. The molecule has 0 atom stereocenters. The van der Waals surface area contributed by atoms with Gasteiger partial charge in [-0.05, 0) is 25.5 Å². The van der Waals surface area contributed by atoms with E-state index in [2.05, 4.69) is 110 Å². The second-order valence-corrected chi connectivity index (χ2v) is 8.16. The van der Waals surface area contributed by atoms with Gasteiger partial charge in [0.15, 0.2) is 0 Å². The summed E-state index contributed by atoms with van der Waals surface area (Å²) in [4.78, 5) is 0. The molecule has 0 unspecified atom stereocenters. The molecule has 0 bridgehead atoms. The first-order valence-electron chi connectivity index (χ1n) is 10.9. The summed E-state index contributed by atoms with van der Waals surface area (Å²) in [6.45, 7) is 5.36. The molecule has 190 valence electrons. The van der Waals surface area contributed by atoms with Gasteiger partial charge in [0.1, 0.15) is 11.6 Å². The summed E-state index contributed by atoms with van der Waals surface area (Å²) in [5.41, 5.74) is 8.55. The fourth-order valence-corrected chi connectivity index (χ4v) is 3.53. The molecule has 3 aromatic heterocycles. The third-order valence-electron chi connectivity index (χ3n) is 5.47. The Balaban J connectivity index is 0.00000152. The zero-order valence-electron chi connectivity index (χ0n) is 19.8. The summed E-state index contributed by atoms with van der Waals surface area (Å²) >= 11 is 0. The van der Waals surface area contributed by atoms with E-state index in [-0.39, 0.29) is 37.2 Å². The first kappa shape index (κ1) is 28.8. The highest BCUT2D eigenvalue weighted by atomic mass is 35.5. The molecule has 0 saturated carbocycles. The van der Waals surface area contributed by atoms with Crippen molar-refractivity contribution in [1.29, 1.82) is 0 Å². The van der Waals surface area contributed by atoms with E-state index >= 15 is 0 Å². The monoisotopic (exact) mass is 546 g/mol. The maximum atomic E-state index is 4.41. The molecule has 0 radical (unpaired) electrons. The Labute approximate surface area is 228 Å². The molecule has 5 N–H and O–H groups in total. The molecule has 0 fully saturated rings. The average molecular weight is 548 g/mol. The van der Waals surface area contributed by atoms with Gasteiger partial charge in [-0.2, -0.15) is 15.3 Å². The normalized spacial score (nSPS) is 10.1. The van der Waals surface area contributed by atoms with E-state index in [1.165, 1.54) is 11.1 Å². The van der Waals surface area contributed by atoms with Gasteiger partial charge >= 0.3 is 0 Å². The van der Waals surface area contributed by atoms with Gasteiger partial charge in [-0.1, -0.05) is 59.7 Å². The number of benzene rings is 2. The number of aromatic nitrogens is 6. The van der Waals surface area contributed by atoms with Gasteiger partial charge in [0.05, 0.1) is 35.9 Å². The van der Waals surface area contributed by atoms with E-state index in [9.17, 15) is 0 Å². The van der Waals surface area contributed by atoms with E-state index < -0.39 is 0 Å². The van der Waals surface area contributed by atoms with Crippen LogP contribution in [0.4, 0.5) is 11.6 Å². The van der Waals surface area contributed by atoms with Crippen LogP contribution < -0.4 is 10.6 Å². The third kappa shape index (κ3) is 7.04. The largest absolute Gasteiger partial charge is 0.363 e. The lowest BCUT2D eigenvalue weighted by molar-refractivity contribution is 0.951. The minimum absolute atomic E-state index is 0. The van der Waals surface area contributed by atoms with Crippen LogP contribution in [0.15, 0.2) is 66.7 Å². The van der Waals surface area contributed by atoms with E-state index in [0.717, 1.165) is 45.5 Å². The molecule has 36 heavy (non-hydrogen) atoms. The fraction of sp³-hybridized carbons (Fsp3) is 0.160. The van der Waals surface area contributed by atoms with Crippen LogP contribution in [0.1, 0.15) is 22.5 Å². The number of hydrogen-bond donors (Lipinski definition) is 5. The van der Waals surface area contributed by atoms with Crippen LogP contribution in [-0.4, -0.2) is 30.6 Å². The van der Waals surface area contributed by atoms with Gasteiger partial charge in [0.25, 0.3) is 0 Å². The topological polar surface area (TPSA) is 110 Å². The summed E-state index contributed by atoms with van der Waals surface area (Å²) in [6, 6.07) is 22.7. The molecule has 2 aromatic carbocycles. The second-order valence-electron chi connectivity index (χ2n) is 8.16. The summed E-state index contributed by atoms with van der Waals surface area (Å²) in [7, 11) is 0. The highest BCUT2D eigenvalue weighted by Gasteiger charge is 2.07. The number of rotatable bonds is 8. The summed E-state index contributed by atoms with van der Waals surface area (Å²) in [5, 5.41) is 29.0. The lowest BCUT2D eigenvalue weighted by Crippen LogP contribution is -2.00. The predicted octanol–water partition coefficient (Wildman–Crippen LogP) is 6.30. The molecule has 5 rings (SSSR count). The minimum Gasteiger partial charge on any atom is -0.363 e. The van der Waals surface area contributed by atoms with Crippen LogP contribution in [-0.2, 0) is 13.1 Å². The Kier molecular flexibility index (Phi) is 10.4. The highest BCUT2D eigenvalue weighted by molar-refractivity contribution is 5.86. The molecule has 8 nitrogen and oxygen atoms in total. The van der Waals surface area contributed by atoms with Crippen molar-refractivity contribution >= 4 is 48.9 Å². The molecule has 3 heterocycles. The van der Waals surface area contributed by atoms with Crippen molar-refractivity contribution in [3.63, 3.8) is 0 Å². The molecule has 0 aliphatic carbocycles. The molecule has 0 amide bonds. The first-order valence-corrected chi connectivity index (χ1v) is 10.9. The van der Waals surface area contributed by atoms with Crippen LogP contribution >= 0.6 is 37.2 Å². The highest BCUT2D eigenvalue weighted by Crippen LogP contribution is 2.21. The van der Waals surface area contributed by atoms with Crippen LogP contribution in [0.2, 0.25) is 0 Å². The predicted molar refractivity (Wildman–Crippen MR) is 153 cm³/mol. The fourth-order valence-electron chi connectivity index (χ4n) is 3.53. The quantitative estimate of drug-likeness (QED) is 0.157. The summed E-state index contributed by atoms with van der Waals surface area (Å²) < 4.78 is 0. The number of nitrogens with one attached hydrogen (secondary N) is 5. The summed E-state index contributed by atoms with van der Waals surface area (Å²) in [5.74, 6) is 1.57. The van der Waals surface area contributed by atoms with Crippen LogP contribution in [0.3, 0.4) is 0 Å². The van der Waals surface area contributed by atoms with Gasteiger partial charge < -0.3 is 10.6 Å². The number of anilines is 2. The maximum absolute atomic E-state index is 4.41. The number of aryl methyl sites for hydroxylation is 2. The number of halogens is 3. The van der Waals surface area contributed by atoms with E-state index in [1.54, 1.807) is 0 Å². The van der Waals surface area contributed by atoms with Crippen molar-refractivity contribution in [3.05, 3.63) is 89.2 Å². The van der Waals surface area contributed by atoms with Crippen molar-refractivity contribution < 1.29 is 0 Å². The Hall–Kier alpha value is -3.46. The summed E-state index contributed by atoms with van der Waals surface area (Å²) in [6.07, 6.45) is 0. The maximum Gasteiger partial charge on any atom is 0.148 e. The van der Waals surface area contributed by atoms with Crippen molar-refractivity contribution in [1.82, 2.24) is 30.6 Å². The Morgan fingerprint density at radius 1 is 0.583 bits per heavy atom. The zero-order valence-corrected chi connectivity index (χ0v) is 22.3. The van der Waals surface area contributed by atoms with Crippen LogP contribution in [0.25, 0.3) is 22.5 Å². The van der Waals surface area contributed by atoms with Gasteiger partial charge in [0, 0.05) is 17.7 Å². The standard InChI is InChI=1S/C25H26N8.3ClH/c1-16-3-7-18(8-4-16)22-11-20(28-30-22)14-26-24-12-21(29-32-24)15-27-25-13-23(31-33-25)19-9-5-17(2)6-10-19;;;/h3-13H,14-15H2,1-2H3,(H,28,30)(H2,26,29,32)(H2,27,31,33);3*1H. The zero-order chi connectivity index (χ0) is 22.6. The van der Waals surface area contributed by atoms with Gasteiger partial charge in [-0.15, -0.1) is 37.2 Å². The smallest absolute Gasteiger partial charge is 0.148 e. The Morgan fingerprint density at radius 3 is 1.72 bits per heavy atom. The average Bonchev–Trinajstić information content (AvgIpc) is 3.58. The van der Waals surface area contributed by atoms with E-state index in [4.69, 9.17) is 0 Å². The van der Waals surface area contributed by atoms with Gasteiger partial charge in [0.2, 0.25) is 0 Å². The number of nitrogens with zero attached hydrogens (tertiary/aromatic N) is 3. The second kappa shape index (κ2) is 13.0. The van der Waals surface area contributed by atoms with Crippen molar-refractivity contribution in [2.45, 2.75) is 26.9 Å². The van der Waals surface area contributed by atoms with E-state index in [1.807, 2.05) is 12.1 Å². The molecule has 0 saturated heterocycles. The number of H-pyrrole nitrogens is 3. The van der Waals surface area contributed by atoms with Crippen molar-refractivity contribution in [2.75, 3.05) is 10.6 Å². The first-order chi connectivity index (χ1) is 16.1. The molecular weight excluding hydrogens is 519 g/mol. The molecular formula is C25H29Cl3N8. The Bertz CT molecular complexity index is 1240. The van der Waals surface area contributed by atoms with Gasteiger partial charge in [-0.3, -0.25) is 15.3 Å². The van der Waals surface area contributed by atoms with Crippen LogP contribution in [0.5, 0.6) is 0 Å². The Morgan fingerprint density at radius 2 is 1.08 bits per heavy atom. The SMILES string of the molecule is Cc1ccc(-c2cc(CNc3cc(CNc4cc(-c5ccc(C)cc5)[nH]n4)[nH]n3)[nH]n2)cc1.Cl.Cl.Cl. The van der Waals surface area contributed by atoms with Gasteiger partial charge in [-0.25, -0.2) is 0 Å². The molecule has 0 aliphatic heterocycles.